The van der Waals surface area contributed by atoms with Crippen LogP contribution in [0.5, 0.6) is 0 Å². The molecule has 0 aromatic heterocycles. The van der Waals surface area contributed by atoms with Crippen LogP contribution in [-0.4, -0.2) is 77.1 Å². The van der Waals surface area contributed by atoms with Crippen LogP contribution < -0.4 is 0 Å². The molecule has 120 valence electrons. The Labute approximate surface area is 126 Å². The summed E-state index contributed by atoms with van der Waals surface area (Å²) in [6.07, 6.45) is 4.22. The van der Waals surface area contributed by atoms with Gasteiger partial charge in [-0.15, -0.1) is 0 Å². The summed E-state index contributed by atoms with van der Waals surface area (Å²) in [5.41, 5.74) is -1.05. The molecule has 0 radical (unpaired) electrons. The lowest BCUT2D eigenvalue weighted by atomic mass is 9.88. The van der Waals surface area contributed by atoms with Gasteiger partial charge in [-0.05, 0) is 53.1 Å². The highest BCUT2D eigenvalue weighted by Crippen LogP contribution is 2.30. The average Bonchev–Trinajstić information content (AvgIpc) is 2.47. The molecule has 2 heterocycles. The summed E-state index contributed by atoms with van der Waals surface area (Å²) in [6.45, 7) is 3.66. The SMILES string of the molecule is CN(C)C1CCN(C(=O)N2CCCCC2(C)C(=O)O)CC1. The van der Waals surface area contributed by atoms with Crippen molar-refractivity contribution in [2.24, 2.45) is 0 Å². The highest BCUT2D eigenvalue weighted by atomic mass is 16.4. The molecule has 2 amide bonds. The van der Waals surface area contributed by atoms with Crippen LogP contribution in [0.3, 0.4) is 0 Å². The average molecular weight is 297 g/mol. The first kappa shape index (κ1) is 16.1. The minimum Gasteiger partial charge on any atom is -0.480 e. The number of hydrogen-bond donors (Lipinski definition) is 1. The molecule has 2 saturated heterocycles. The van der Waals surface area contributed by atoms with E-state index < -0.39 is 11.5 Å². The molecule has 1 unspecified atom stereocenters. The number of piperidine rings is 2. The number of aliphatic carboxylic acids is 1. The van der Waals surface area contributed by atoms with Gasteiger partial charge in [-0.2, -0.15) is 0 Å². The second-order valence-corrected chi connectivity index (χ2v) is 6.65. The Morgan fingerprint density at radius 2 is 1.76 bits per heavy atom. The molecule has 0 aromatic rings. The van der Waals surface area contributed by atoms with Gasteiger partial charge in [-0.25, -0.2) is 9.59 Å². The number of carboxylic acids is 1. The van der Waals surface area contributed by atoms with Crippen LogP contribution >= 0.6 is 0 Å². The summed E-state index contributed by atoms with van der Waals surface area (Å²) < 4.78 is 0. The van der Waals surface area contributed by atoms with Crippen molar-refractivity contribution in [1.29, 1.82) is 0 Å². The van der Waals surface area contributed by atoms with Gasteiger partial charge < -0.3 is 19.8 Å². The highest BCUT2D eigenvalue weighted by Gasteiger charge is 2.45. The molecule has 2 rings (SSSR count). The summed E-state index contributed by atoms with van der Waals surface area (Å²) >= 11 is 0. The molecule has 2 aliphatic heterocycles. The molecular weight excluding hydrogens is 270 g/mol. The van der Waals surface area contributed by atoms with Crippen molar-refractivity contribution in [3.63, 3.8) is 0 Å². The fourth-order valence-electron chi connectivity index (χ4n) is 3.39. The second kappa shape index (κ2) is 6.22. The summed E-state index contributed by atoms with van der Waals surface area (Å²) in [5, 5.41) is 9.51. The summed E-state index contributed by atoms with van der Waals surface area (Å²) in [4.78, 5) is 29.9. The maximum absolute atomic E-state index is 12.7. The predicted octanol–water partition coefficient (Wildman–Crippen LogP) is 1.46. The standard InChI is InChI=1S/C15H27N3O3/c1-15(13(19)20)8-4-5-9-18(15)14(21)17-10-6-12(7-11-17)16(2)3/h12H,4-11H2,1-3H3,(H,19,20). The topological polar surface area (TPSA) is 64.1 Å². The van der Waals surface area contributed by atoms with Gasteiger partial charge in [-0.3, -0.25) is 0 Å². The van der Waals surface area contributed by atoms with E-state index in [-0.39, 0.29) is 6.03 Å². The first-order chi connectivity index (χ1) is 9.86. The van der Waals surface area contributed by atoms with Crippen molar-refractivity contribution in [2.45, 2.75) is 50.6 Å². The van der Waals surface area contributed by atoms with E-state index in [9.17, 15) is 14.7 Å². The maximum atomic E-state index is 12.7. The minimum absolute atomic E-state index is 0.100. The van der Waals surface area contributed by atoms with E-state index in [0.29, 0.717) is 32.1 Å². The van der Waals surface area contributed by atoms with E-state index >= 15 is 0 Å². The predicted molar refractivity (Wildman–Crippen MR) is 80.3 cm³/mol. The largest absolute Gasteiger partial charge is 0.480 e. The zero-order chi connectivity index (χ0) is 15.6. The molecule has 2 aliphatic rings. The van der Waals surface area contributed by atoms with Gasteiger partial charge in [0.2, 0.25) is 0 Å². The molecule has 1 N–H and O–H groups in total. The van der Waals surface area contributed by atoms with Crippen molar-refractivity contribution in [2.75, 3.05) is 33.7 Å². The normalized spacial score (nSPS) is 28.0. The van der Waals surface area contributed by atoms with Crippen molar-refractivity contribution < 1.29 is 14.7 Å². The van der Waals surface area contributed by atoms with E-state index in [1.54, 1.807) is 11.8 Å². The Kier molecular flexibility index (Phi) is 4.76. The zero-order valence-electron chi connectivity index (χ0n) is 13.3. The molecule has 0 aromatic carbocycles. The fourth-order valence-corrected chi connectivity index (χ4v) is 3.39. The van der Waals surface area contributed by atoms with Gasteiger partial charge in [0.25, 0.3) is 0 Å². The molecule has 0 bridgehead atoms. The van der Waals surface area contributed by atoms with E-state index in [1.807, 2.05) is 4.90 Å². The Hall–Kier alpha value is -1.30. The Bertz CT molecular complexity index is 405. The first-order valence-corrected chi connectivity index (χ1v) is 7.82. The van der Waals surface area contributed by atoms with Gasteiger partial charge >= 0.3 is 12.0 Å². The van der Waals surface area contributed by atoms with Crippen LogP contribution in [0.4, 0.5) is 4.79 Å². The number of likely N-dealkylation sites (tertiary alicyclic amines) is 2. The van der Waals surface area contributed by atoms with Crippen molar-refractivity contribution in [3.05, 3.63) is 0 Å². The second-order valence-electron chi connectivity index (χ2n) is 6.65. The van der Waals surface area contributed by atoms with Gasteiger partial charge in [0, 0.05) is 25.7 Å². The molecule has 1 atom stereocenters. The lowest BCUT2D eigenvalue weighted by Gasteiger charge is -2.45. The molecular formula is C15H27N3O3. The number of amides is 2. The summed E-state index contributed by atoms with van der Waals surface area (Å²) in [7, 11) is 4.13. The Balaban J connectivity index is 2.04. The van der Waals surface area contributed by atoms with E-state index in [2.05, 4.69) is 19.0 Å². The molecule has 0 spiro atoms. The number of carboxylic acid groups (broad SMARTS) is 1. The van der Waals surface area contributed by atoms with Crippen LogP contribution in [-0.2, 0) is 4.79 Å². The number of carbonyl (C=O) groups excluding carboxylic acids is 1. The van der Waals surface area contributed by atoms with Gasteiger partial charge in [0.05, 0.1) is 0 Å². The Morgan fingerprint density at radius 3 is 2.29 bits per heavy atom. The third-order valence-corrected chi connectivity index (χ3v) is 5.05. The molecule has 0 saturated carbocycles. The van der Waals surface area contributed by atoms with E-state index in [1.165, 1.54) is 0 Å². The van der Waals surface area contributed by atoms with E-state index in [4.69, 9.17) is 0 Å². The summed E-state index contributed by atoms with van der Waals surface area (Å²) in [5.74, 6) is -0.890. The van der Waals surface area contributed by atoms with E-state index in [0.717, 1.165) is 25.7 Å². The smallest absolute Gasteiger partial charge is 0.329 e. The number of carbonyl (C=O) groups is 2. The van der Waals surface area contributed by atoms with Gasteiger partial charge in [-0.1, -0.05) is 0 Å². The number of hydrogen-bond acceptors (Lipinski definition) is 3. The zero-order valence-corrected chi connectivity index (χ0v) is 13.3. The Morgan fingerprint density at radius 1 is 1.14 bits per heavy atom. The lowest BCUT2D eigenvalue weighted by Crippen LogP contribution is -2.61. The molecule has 0 aliphatic carbocycles. The van der Waals surface area contributed by atoms with Gasteiger partial charge in [0.15, 0.2) is 0 Å². The molecule has 21 heavy (non-hydrogen) atoms. The van der Waals surface area contributed by atoms with Crippen molar-refractivity contribution >= 4 is 12.0 Å². The summed E-state index contributed by atoms with van der Waals surface area (Å²) in [6, 6.07) is 0.415. The van der Waals surface area contributed by atoms with Crippen LogP contribution in [0, 0.1) is 0 Å². The van der Waals surface area contributed by atoms with Crippen molar-refractivity contribution in [3.8, 4) is 0 Å². The van der Waals surface area contributed by atoms with Crippen molar-refractivity contribution in [1.82, 2.24) is 14.7 Å². The quantitative estimate of drug-likeness (QED) is 0.838. The lowest BCUT2D eigenvalue weighted by molar-refractivity contribution is -0.150. The molecule has 2 fully saturated rings. The number of rotatable bonds is 2. The minimum atomic E-state index is -1.05. The number of urea groups is 1. The first-order valence-electron chi connectivity index (χ1n) is 7.82. The van der Waals surface area contributed by atoms with Crippen LogP contribution in [0.1, 0.15) is 39.0 Å². The van der Waals surface area contributed by atoms with Crippen LogP contribution in [0.25, 0.3) is 0 Å². The third kappa shape index (κ3) is 3.15. The number of nitrogens with zero attached hydrogens (tertiary/aromatic N) is 3. The third-order valence-electron chi connectivity index (χ3n) is 5.05. The molecule has 6 heteroatoms. The maximum Gasteiger partial charge on any atom is 0.329 e. The monoisotopic (exact) mass is 297 g/mol. The van der Waals surface area contributed by atoms with Crippen LogP contribution in [0.2, 0.25) is 0 Å². The molecule has 6 nitrogen and oxygen atoms in total. The van der Waals surface area contributed by atoms with Crippen LogP contribution in [0.15, 0.2) is 0 Å². The fraction of sp³-hybridized carbons (Fsp3) is 0.867. The highest BCUT2D eigenvalue weighted by molar-refractivity contribution is 5.86. The van der Waals surface area contributed by atoms with Gasteiger partial charge in [0.1, 0.15) is 5.54 Å².